The molecule has 0 radical (unpaired) electrons. The van der Waals surface area contributed by atoms with Gasteiger partial charge in [-0.15, -0.1) is 0 Å². The van der Waals surface area contributed by atoms with Crippen LogP contribution >= 0.6 is 11.6 Å². The number of nitrogens with zero attached hydrogens (tertiary/aromatic N) is 2. The molecule has 3 N–H and O–H groups in total. The summed E-state index contributed by atoms with van der Waals surface area (Å²) in [4.78, 5) is 36.7. The number of benzene rings is 2. The number of fused-ring (bicyclic) bond motifs is 2. The molecule has 3 aliphatic rings. The van der Waals surface area contributed by atoms with Gasteiger partial charge >= 0.3 is 17.9 Å². The van der Waals surface area contributed by atoms with Gasteiger partial charge in [0.15, 0.2) is 12.3 Å². The van der Waals surface area contributed by atoms with Crippen molar-refractivity contribution in [3.8, 4) is 0 Å². The first kappa shape index (κ1) is 32.9. The van der Waals surface area contributed by atoms with E-state index in [9.17, 15) is 29.7 Å². The summed E-state index contributed by atoms with van der Waals surface area (Å²) in [5.74, 6) is -2.76. The summed E-state index contributed by atoms with van der Waals surface area (Å²) in [6, 6.07) is 13.1. The number of carboxylic acid groups (broad SMARTS) is 3. The molecule has 1 aliphatic carbocycles. The summed E-state index contributed by atoms with van der Waals surface area (Å²) in [6.45, 7) is 8.95. The largest absolute Gasteiger partial charge is 0.481 e. The van der Waals surface area contributed by atoms with Gasteiger partial charge in [-0.1, -0.05) is 55.8 Å². The van der Waals surface area contributed by atoms with Crippen LogP contribution in [0, 0.1) is 0 Å². The van der Waals surface area contributed by atoms with Crippen LogP contribution in [-0.4, -0.2) is 56.6 Å². The summed E-state index contributed by atoms with van der Waals surface area (Å²) in [5.41, 5.74) is 6.98. The summed E-state index contributed by atoms with van der Waals surface area (Å²) >= 11 is 7.05. The molecule has 2 aliphatic heterocycles. The topological polar surface area (TPSA) is 118 Å². The number of anilines is 1. The lowest BCUT2D eigenvalue weighted by Crippen LogP contribution is -2.28. The van der Waals surface area contributed by atoms with Gasteiger partial charge in [-0.2, -0.15) is 4.58 Å². The van der Waals surface area contributed by atoms with E-state index < -0.39 is 23.3 Å². The van der Waals surface area contributed by atoms with E-state index in [-0.39, 0.29) is 30.4 Å². The van der Waals surface area contributed by atoms with Gasteiger partial charge in [0.1, 0.15) is 6.42 Å². The maximum atomic E-state index is 11.7. The van der Waals surface area contributed by atoms with Crippen LogP contribution in [0.2, 0.25) is 0 Å². The Bertz CT molecular complexity index is 1780. The van der Waals surface area contributed by atoms with Crippen LogP contribution in [0.3, 0.4) is 0 Å². The Hall–Kier alpha value is -4.43. The number of allylic oxidation sites excluding steroid dienone is 8. The minimum absolute atomic E-state index is 0.0219. The SMILES string of the molecule is CC1(C)C(=CC=C2CCCC(C=CC3=[N+](CCC(=O)O)c4ccccc4C3(C)C)=C2Cl)N(CCC(=O)O)c2ccc(C(=O)O)cc21. The smallest absolute Gasteiger partial charge is 0.335 e. The van der Waals surface area contributed by atoms with Crippen LogP contribution < -0.4 is 4.90 Å². The number of halogens is 1. The van der Waals surface area contributed by atoms with Crippen LogP contribution in [0.4, 0.5) is 11.4 Å². The number of aromatic carboxylic acids is 1. The van der Waals surface area contributed by atoms with Crippen molar-refractivity contribution in [1.82, 2.24) is 0 Å². The molecular weight excluding hydrogens is 604 g/mol. The highest BCUT2D eigenvalue weighted by atomic mass is 35.5. The molecule has 0 unspecified atom stereocenters. The maximum absolute atomic E-state index is 11.7. The lowest BCUT2D eigenvalue weighted by Gasteiger charge is -2.27. The second kappa shape index (κ2) is 12.8. The monoisotopic (exact) mass is 643 g/mol. The molecule has 0 aromatic heterocycles. The van der Waals surface area contributed by atoms with E-state index in [1.165, 1.54) is 0 Å². The van der Waals surface area contributed by atoms with Crippen molar-refractivity contribution < 1.29 is 34.3 Å². The molecule has 0 saturated carbocycles. The summed E-state index contributed by atoms with van der Waals surface area (Å²) in [6.07, 6.45) is 10.6. The van der Waals surface area contributed by atoms with Crippen molar-refractivity contribution in [3.63, 3.8) is 0 Å². The van der Waals surface area contributed by atoms with Gasteiger partial charge in [0.05, 0.1) is 17.4 Å². The number of aliphatic carboxylic acids is 2. The Morgan fingerprint density at radius 2 is 1.61 bits per heavy atom. The molecule has 8 nitrogen and oxygen atoms in total. The zero-order valence-corrected chi connectivity index (χ0v) is 27.4. The van der Waals surface area contributed by atoms with E-state index in [1.807, 2.05) is 49.1 Å². The fourth-order valence-electron chi connectivity index (χ4n) is 6.91. The Morgan fingerprint density at radius 3 is 2.30 bits per heavy atom. The lowest BCUT2D eigenvalue weighted by atomic mass is 9.81. The molecule has 46 heavy (non-hydrogen) atoms. The first-order valence-corrected chi connectivity index (χ1v) is 15.9. The van der Waals surface area contributed by atoms with E-state index in [0.717, 1.165) is 64.3 Å². The molecule has 0 atom stereocenters. The number of carboxylic acids is 3. The van der Waals surface area contributed by atoms with Gasteiger partial charge in [-0.05, 0) is 74.1 Å². The van der Waals surface area contributed by atoms with Gasteiger partial charge in [0.25, 0.3) is 0 Å². The third-order valence-corrected chi connectivity index (χ3v) is 9.86. The van der Waals surface area contributed by atoms with Gasteiger partial charge in [-0.3, -0.25) is 9.59 Å². The van der Waals surface area contributed by atoms with E-state index in [1.54, 1.807) is 18.2 Å². The van der Waals surface area contributed by atoms with Crippen molar-refractivity contribution in [2.24, 2.45) is 0 Å². The third kappa shape index (κ3) is 6.18. The van der Waals surface area contributed by atoms with Crippen LogP contribution in [0.15, 0.2) is 88.6 Å². The number of rotatable bonds is 10. The predicted molar refractivity (Wildman–Crippen MR) is 180 cm³/mol. The normalized spacial score (nSPS) is 20.2. The van der Waals surface area contributed by atoms with Gasteiger partial charge in [-0.25, -0.2) is 4.79 Å². The predicted octanol–water partition coefficient (Wildman–Crippen LogP) is 7.55. The Morgan fingerprint density at radius 1 is 0.891 bits per heavy atom. The van der Waals surface area contributed by atoms with Crippen molar-refractivity contribution in [1.29, 1.82) is 0 Å². The van der Waals surface area contributed by atoms with Gasteiger partial charge in [0, 0.05) is 46.1 Å². The second-order valence-corrected chi connectivity index (χ2v) is 13.4. The van der Waals surface area contributed by atoms with Crippen LogP contribution in [-0.2, 0) is 20.4 Å². The number of para-hydroxylation sites is 1. The highest BCUT2D eigenvalue weighted by molar-refractivity contribution is 6.32. The molecule has 9 heteroatoms. The summed E-state index contributed by atoms with van der Waals surface area (Å²) in [7, 11) is 0. The Labute approximate surface area is 274 Å². The maximum Gasteiger partial charge on any atom is 0.335 e. The highest BCUT2D eigenvalue weighted by Crippen LogP contribution is 2.48. The van der Waals surface area contributed by atoms with Crippen LogP contribution in [0.1, 0.15) is 81.3 Å². The van der Waals surface area contributed by atoms with E-state index in [4.69, 9.17) is 11.6 Å². The molecule has 240 valence electrons. The molecule has 0 saturated heterocycles. The van der Waals surface area contributed by atoms with Crippen molar-refractivity contribution in [2.75, 3.05) is 18.0 Å². The minimum Gasteiger partial charge on any atom is -0.481 e. The van der Waals surface area contributed by atoms with Crippen LogP contribution in [0.5, 0.6) is 0 Å². The Balaban J connectivity index is 1.51. The van der Waals surface area contributed by atoms with Crippen molar-refractivity contribution in [3.05, 3.63) is 105 Å². The molecular formula is C37H40ClN2O6+. The molecule has 0 spiro atoms. The first-order valence-electron chi connectivity index (χ1n) is 15.6. The number of hydrogen-bond acceptors (Lipinski definition) is 4. The molecule has 2 heterocycles. The summed E-state index contributed by atoms with van der Waals surface area (Å²) in [5, 5.41) is 29.1. The fourth-order valence-corrected chi connectivity index (χ4v) is 7.23. The zero-order valence-electron chi connectivity index (χ0n) is 26.6. The Kier molecular flexibility index (Phi) is 9.14. The minimum atomic E-state index is -1.01. The average Bonchev–Trinajstić information content (AvgIpc) is 3.35. The third-order valence-electron chi connectivity index (χ3n) is 9.38. The lowest BCUT2D eigenvalue weighted by molar-refractivity contribution is -0.436. The van der Waals surface area contributed by atoms with Crippen molar-refractivity contribution in [2.45, 2.75) is 70.6 Å². The van der Waals surface area contributed by atoms with Gasteiger partial charge < -0.3 is 20.2 Å². The molecule has 5 rings (SSSR count). The van der Waals surface area contributed by atoms with E-state index in [2.05, 4.69) is 36.6 Å². The molecule has 2 aromatic rings. The van der Waals surface area contributed by atoms with E-state index in [0.29, 0.717) is 11.6 Å². The zero-order chi connectivity index (χ0) is 33.4. The van der Waals surface area contributed by atoms with Crippen LogP contribution in [0.25, 0.3) is 0 Å². The first-order chi connectivity index (χ1) is 21.7. The van der Waals surface area contributed by atoms with Gasteiger partial charge in [0.2, 0.25) is 5.69 Å². The van der Waals surface area contributed by atoms with E-state index >= 15 is 0 Å². The fraction of sp³-hybridized carbons (Fsp3) is 0.351. The van der Waals surface area contributed by atoms with Crippen molar-refractivity contribution >= 4 is 46.6 Å². The molecule has 2 aromatic carbocycles. The second-order valence-electron chi connectivity index (χ2n) is 13.1. The number of carbonyl (C=O) groups is 3. The molecule has 0 bridgehead atoms. The highest BCUT2D eigenvalue weighted by Gasteiger charge is 2.44. The standard InChI is InChI=1S/C37H39ClN2O6/c1-36(2)26-10-5-6-11-28(26)39(20-18-32(41)42)30(36)16-13-23-8-7-9-24(34(23)38)14-17-31-37(3,4)27-22-25(35(45)46)12-15-29(27)40(31)21-19-33(43)44/h5-6,10-17,22H,7-9,18-21H2,1-4H3,(H2-,41,42,43,44,45,46)/p+1. The average molecular weight is 644 g/mol. The quantitative estimate of drug-likeness (QED) is 0.229. The number of hydrogen-bond donors (Lipinski definition) is 3. The molecule has 0 fully saturated rings. The summed E-state index contributed by atoms with van der Waals surface area (Å²) < 4.78 is 2.10. The molecule has 0 amide bonds.